The molecule has 0 radical (unpaired) electrons. The molecule has 0 saturated heterocycles. The maximum absolute atomic E-state index is 9.65. The van der Waals surface area contributed by atoms with Gasteiger partial charge in [-0.1, -0.05) is 6.07 Å². The van der Waals surface area contributed by atoms with Crippen molar-refractivity contribution in [1.29, 1.82) is 0 Å². The molecule has 15 heavy (non-hydrogen) atoms. The van der Waals surface area contributed by atoms with Gasteiger partial charge in [-0.05, 0) is 43.8 Å². The highest BCUT2D eigenvalue weighted by atomic mass is 32.1. The fraction of sp³-hybridized carbons (Fsp3) is 0.200. The zero-order valence-electron chi connectivity index (χ0n) is 8.61. The molecular weight excluding hydrogens is 210 g/mol. The Kier molecular flexibility index (Phi) is 3.62. The summed E-state index contributed by atoms with van der Waals surface area (Å²) in [6.45, 7) is 3.67. The first kappa shape index (κ1) is 11.5. The summed E-state index contributed by atoms with van der Waals surface area (Å²) in [4.78, 5) is 0. The van der Waals surface area contributed by atoms with Gasteiger partial charge in [0.1, 0.15) is 5.75 Å². The van der Waals surface area contributed by atoms with E-state index in [4.69, 9.17) is 5.73 Å². The van der Waals surface area contributed by atoms with Gasteiger partial charge >= 0.3 is 0 Å². The second-order valence-corrected chi connectivity index (χ2v) is 3.63. The molecule has 0 heterocycles. The summed E-state index contributed by atoms with van der Waals surface area (Å²) in [7, 11) is 0. The van der Waals surface area contributed by atoms with E-state index in [2.05, 4.69) is 22.7 Å². The number of hydrogen-bond donors (Lipinski definition) is 3. The Balaban J connectivity index is 2.95. The van der Waals surface area contributed by atoms with Crippen LogP contribution in [0.2, 0.25) is 0 Å². The maximum Gasteiger partial charge on any atom is 0.184 e. The average Bonchev–Trinajstić information content (AvgIpc) is 2.14. The summed E-state index contributed by atoms with van der Waals surface area (Å²) in [6.07, 6.45) is 0. The van der Waals surface area contributed by atoms with Crippen molar-refractivity contribution in [3.8, 4) is 5.75 Å². The van der Waals surface area contributed by atoms with Crippen LogP contribution in [-0.4, -0.2) is 15.9 Å². The molecule has 0 aliphatic carbocycles. The van der Waals surface area contributed by atoms with Gasteiger partial charge in [0.25, 0.3) is 0 Å². The summed E-state index contributed by atoms with van der Waals surface area (Å²) in [5, 5.41) is 13.7. The van der Waals surface area contributed by atoms with Crippen LogP contribution in [0.1, 0.15) is 18.1 Å². The number of rotatable bonds is 2. The van der Waals surface area contributed by atoms with Crippen LogP contribution in [0.3, 0.4) is 0 Å². The van der Waals surface area contributed by atoms with Gasteiger partial charge < -0.3 is 10.8 Å². The Labute approximate surface area is 93.8 Å². The van der Waals surface area contributed by atoms with Crippen molar-refractivity contribution in [2.45, 2.75) is 13.8 Å². The van der Waals surface area contributed by atoms with Crippen LogP contribution in [-0.2, 0) is 0 Å². The van der Waals surface area contributed by atoms with E-state index in [1.54, 1.807) is 19.1 Å². The third-order valence-electron chi connectivity index (χ3n) is 1.88. The van der Waals surface area contributed by atoms with E-state index in [1.165, 1.54) is 0 Å². The smallest absolute Gasteiger partial charge is 0.184 e. The number of aromatic hydroxyl groups is 1. The lowest BCUT2D eigenvalue weighted by Crippen LogP contribution is -2.25. The Hall–Kier alpha value is -1.62. The largest absolute Gasteiger partial charge is 0.507 e. The molecule has 5 heteroatoms. The van der Waals surface area contributed by atoms with Gasteiger partial charge in [0.15, 0.2) is 5.11 Å². The Morgan fingerprint density at radius 2 is 2.20 bits per heavy atom. The lowest BCUT2D eigenvalue weighted by Gasteiger charge is -2.05. The lowest BCUT2D eigenvalue weighted by molar-refractivity contribution is 0.473. The molecule has 1 aromatic rings. The standard InChI is InChI=1S/C10H13N3OS/c1-6-3-4-8(9(14)5-6)7(2)12-13-10(11)15/h3-5,14H,1-2H3,(H3,11,13,15). The van der Waals surface area contributed by atoms with Gasteiger partial charge in [-0.25, -0.2) is 0 Å². The minimum atomic E-state index is 0.0981. The Morgan fingerprint density at radius 1 is 1.53 bits per heavy atom. The quantitative estimate of drug-likeness (QED) is 0.401. The van der Waals surface area contributed by atoms with Gasteiger partial charge in [0.05, 0.1) is 5.71 Å². The van der Waals surface area contributed by atoms with Gasteiger partial charge in [-0.15, -0.1) is 0 Å². The number of nitrogens with two attached hydrogens (primary N) is 1. The number of nitrogens with zero attached hydrogens (tertiary/aromatic N) is 1. The van der Waals surface area contributed by atoms with Crippen molar-refractivity contribution in [3.63, 3.8) is 0 Å². The van der Waals surface area contributed by atoms with E-state index in [0.29, 0.717) is 11.3 Å². The minimum Gasteiger partial charge on any atom is -0.507 e. The molecule has 0 spiro atoms. The first-order valence-electron chi connectivity index (χ1n) is 4.40. The number of benzene rings is 1. The first-order valence-corrected chi connectivity index (χ1v) is 4.81. The summed E-state index contributed by atoms with van der Waals surface area (Å²) < 4.78 is 0. The second-order valence-electron chi connectivity index (χ2n) is 3.19. The second kappa shape index (κ2) is 4.75. The van der Waals surface area contributed by atoms with Crippen LogP contribution in [0.25, 0.3) is 0 Å². The van der Waals surface area contributed by atoms with Gasteiger partial charge in [0, 0.05) is 5.56 Å². The highest BCUT2D eigenvalue weighted by Gasteiger charge is 2.04. The molecule has 0 aliphatic heterocycles. The average molecular weight is 223 g/mol. The van der Waals surface area contributed by atoms with Crippen LogP contribution in [0, 0.1) is 6.92 Å². The van der Waals surface area contributed by atoms with Gasteiger partial charge in [-0.3, -0.25) is 5.43 Å². The highest BCUT2D eigenvalue weighted by molar-refractivity contribution is 7.80. The Bertz CT molecular complexity index is 415. The van der Waals surface area contributed by atoms with E-state index in [9.17, 15) is 5.11 Å². The number of hydrazone groups is 1. The van der Waals surface area contributed by atoms with Crippen molar-refractivity contribution in [3.05, 3.63) is 29.3 Å². The number of phenols is 1. The summed E-state index contributed by atoms with van der Waals surface area (Å²) in [5.74, 6) is 0.195. The van der Waals surface area contributed by atoms with E-state index in [0.717, 1.165) is 5.56 Å². The monoisotopic (exact) mass is 223 g/mol. The third-order valence-corrected chi connectivity index (χ3v) is 1.97. The first-order chi connectivity index (χ1) is 7.00. The summed E-state index contributed by atoms with van der Waals surface area (Å²) >= 11 is 4.61. The van der Waals surface area contributed by atoms with Crippen molar-refractivity contribution in [2.75, 3.05) is 0 Å². The fourth-order valence-corrected chi connectivity index (χ4v) is 1.19. The molecular formula is C10H13N3OS. The topological polar surface area (TPSA) is 70.6 Å². The minimum absolute atomic E-state index is 0.0981. The third kappa shape index (κ3) is 3.21. The predicted molar refractivity (Wildman–Crippen MR) is 65.0 cm³/mol. The molecule has 80 valence electrons. The molecule has 0 unspecified atom stereocenters. The number of phenolic OH excluding ortho intramolecular Hbond substituents is 1. The molecule has 0 bridgehead atoms. The molecule has 0 fully saturated rings. The molecule has 0 saturated carbocycles. The number of hydrogen-bond acceptors (Lipinski definition) is 3. The van der Waals surface area contributed by atoms with Gasteiger partial charge in [-0.2, -0.15) is 5.10 Å². The Morgan fingerprint density at radius 3 is 2.73 bits per heavy atom. The van der Waals surface area contributed by atoms with E-state index in [1.807, 2.05) is 13.0 Å². The zero-order valence-corrected chi connectivity index (χ0v) is 9.43. The lowest BCUT2D eigenvalue weighted by atomic mass is 10.1. The normalized spacial score (nSPS) is 11.2. The van der Waals surface area contributed by atoms with Crippen molar-refractivity contribution < 1.29 is 5.11 Å². The van der Waals surface area contributed by atoms with Crippen LogP contribution < -0.4 is 11.2 Å². The van der Waals surface area contributed by atoms with Crippen LogP contribution >= 0.6 is 12.2 Å². The maximum atomic E-state index is 9.65. The van der Waals surface area contributed by atoms with Gasteiger partial charge in [0.2, 0.25) is 0 Å². The summed E-state index contributed by atoms with van der Waals surface area (Å²) in [6, 6.07) is 5.37. The molecule has 1 aromatic carbocycles. The molecule has 0 aliphatic rings. The number of aryl methyl sites for hydroxylation is 1. The van der Waals surface area contributed by atoms with Crippen molar-refractivity contribution in [2.24, 2.45) is 10.8 Å². The predicted octanol–water partition coefficient (Wildman–Crippen LogP) is 1.26. The molecule has 4 N–H and O–H groups in total. The SMILES string of the molecule is CC(=NNC(N)=S)c1ccc(C)cc1O. The molecule has 0 atom stereocenters. The van der Waals surface area contributed by atoms with Crippen molar-refractivity contribution >= 4 is 23.0 Å². The highest BCUT2D eigenvalue weighted by Crippen LogP contribution is 2.18. The van der Waals surface area contributed by atoms with Crippen LogP contribution in [0.15, 0.2) is 23.3 Å². The molecule has 0 amide bonds. The molecule has 4 nitrogen and oxygen atoms in total. The summed E-state index contributed by atoms with van der Waals surface area (Å²) in [5.41, 5.74) is 9.98. The zero-order chi connectivity index (χ0) is 11.4. The van der Waals surface area contributed by atoms with E-state index < -0.39 is 0 Å². The molecule has 1 rings (SSSR count). The van der Waals surface area contributed by atoms with E-state index in [-0.39, 0.29) is 10.9 Å². The number of nitrogens with one attached hydrogen (secondary N) is 1. The van der Waals surface area contributed by atoms with Crippen LogP contribution in [0.5, 0.6) is 5.75 Å². The van der Waals surface area contributed by atoms with Crippen LogP contribution in [0.4, 0.5) is 0 Å². The fourth-order valence-electron chi connectivity index (χ4n) is 1.15. The number of thiocarbonyl (C=S) groups is 1. The van der Waals surface area contributed by atoms with E-state index >= 15 is 0 Å². The van der Waals surface area contributed by atoms with Crippen molar-refractivity contribution in [1.82, 2.24) is 5.43 Å². The molecule has 0 aromatic heterocycles.